The van der Waals surface area contributed by atoms with Gasteiger partial charge in [-0.1, -0.05) is 12.2 Å². The third-order valence-electron chi connectivity index (χ3n) is 7.39. The van der Waals surface area contributed by atoms with Crippen molar-refractivity contribution < 1.29 is 27.4 Å². The molecule has 14 nitrogen and oxygen atoms in total. The van der Waals surface area contributed by atoms with Gasteiger partial charge in [-0.2, -0.15) is 0 Å². The van der Waals surface area contributed by atoms with Gasteiger partial charge in [0.05, 0.1) is 53.9 Å². The topological polar surface area (TPSA) is 182 Å². The highest BCUT2D eigenvalue weighted by Crippen LogP contribution is 2.30. The summed E-state index contributed by atoms with van der Waals surface area (Å²) in [7, 11) is -2.08. The summed E-state index contributed by atoms with van der Waals surface area (Å²) < 4.78 is 44.9. The number of nitrogens with one attached hydrogen (secondary N) is 1. The molecule has 1 amide bonds. The Kier molecular flexibility index (Phi) is 9.47. The first-order valence-electron chi connectivity index (χ1n) is 15.1. The number of imidazole rings is 2. The lowest BCUT2D eigenvalue weighted by atomic mass is 10.2. The fourth-order valence-electron chi connectivity index (χ4n) is 5.21. The second-order valence-electron chi connectivity index (χ2n) is 12.3. The van der Waals surface area contributed by atoms with Crippen LogP contribution in [0.2, 0.25) is 0 Å². The summed E-state index contributed by atoms with van der Waals surface area (Å²) in [5.41, 5.74) is 9.67. The number of aryl methyl sites for hydroxylation is 1. The van der Waals surface area contributed by atoms with Gasteiger partial charge in [0.2, 0.25) is 21.9 Å². The number of nitrogen functional groups attached to an aromatic ring is 1. The highest BCUT2D eigenvalue weighted by Gasteiger charge is 2.34. The first-order valence-corrected chi connectivity index (χ1v) is 16.6. The number of likely N-dealkylation sites (tertiary alicyclic amines) is 1. The van der Waals surface area contributed by atoms with Crippen molar-refractivity contribution in [2.24, 2.45) is 5.14 Å². The van der Waals surface area contributed by atoms with Gasteiger partial charge in [0.15, 0.2) is 0 Å². The fraction of sp³-hybridized carbons (Fsp3) is 0.452. The monoisotopic (exact) mass is 654 g/mol. The van der Waals surface area contributed by atoms with E-state index in [1.807, 2.05) is 61.1 Å². The lowest BCUT2D eigenvalue weighted by molar-refractivity contribution is -0.0647. The van der Waals surface area contributed by atoms with Gasteiger partial charge in [-0.25, -0.2) is 28.3 Å². The van der Waals surface area contributed by atoms with E-state index in [0.717, 1.165) is 22.1 Å². The Hall–Kier alpha value is -4.34. The van der Waals surface area contributed by atoms with E-state index in [9.17, 15) is 13.2 Å². The molecule has 0 saturated carbocycles. The molecule has 5 rings (SSSR count). The summed E-state index contributed by atoms with van der Waals surface area (Å²) in [4.78, 5) is 22.8. The minimum absolute atomic E-state index is 0.00438. The van der Waals surface area contributed by atoms with Crippen molar-refractivity contribution in [2.45, 2.75) is 63.8 Å². The maximum absolute atomic E-state index is 12.1. The lowest BCUT2D eigenvalue weighted by Crippen LogP contribution is -2.56. The number of rotatable bonds is 12. The molecular formula is C31H42N8O6S. The van der Waals surface area contributed by atoms with E-state index in [0.29, 0.717) is 69.0 Å². The van der Waals surface area contributed by atoms with Crippen molar-refractivity contribution >= 4 is 50.1 Å². The van der Waals surface area contributed by atoms with Crippen LogP contribution in [0.5, 0.6) is 5.75 Å². The number of amides is 1. The maximum Gasteiger partial charge on any atom is 0.410 e. The number of nitrogens with two attached hydrogens (primary N) is 2. The molecule has 0 bridgehead atoms. The summed E-state index contributed by atoms with van der Waals surface area (Å²) in [6.07, 6.45) is 4.32. The third kappa shape index (κ3) is 7.54. The molecule has 1 aliphatic heterocycles. The number of fused-ring (bicyclic) bond motifs is 2. The first-order chi connectivity index (χ1) is 21.7. The van der Waals surface area contributed by atoms with Crippen LogP contribution in [0, 0.1) is 6.92 Å². The molecule has 0 unspecified atom stereocenters. The van der Waals surface area contributed by atoms with Crippen LogP contribution in [0.4, 0.5) is 16.7 Å². The van der Waals surface area contributed by atoms with Crippen LogP contribution in [0.1, 0.15) is 32.8 Å². The van der Waals surface area contributed by atoms with E-state index in [1.165, 1.54) is 12.1 Å². The second-order valence-corrected chi connectivity index (χ2v) is 13.8. The predicted molar refractivity (Wildman–Crippen MR) is 176 cm³/mol. The zero-order chi connectivity index (χ0) is 33.2. The van der Waals surface area contributed by atoms with Gasteiger partial charge in [-0.3, -0.25) is 0 Å². The minimum Gasteiger partial charge on any atom is -0.491 e. The summed E-state index contributed by atoms with van der Waals surface area (Å²) in [6, 6.07) is 8.58. The predicted octanol–water partition coefficient (Wildman–Crippen LogP) is 3.63. The maximum atomic E-state index is 12.1. The largest absolute Gasteiger partial charge is 0.491 e. The van der Waals surface area contributed by atoms with Crippen molar-refractivity contribution in [3.8, 4) is 5.75 Å². The summed E-state index contributed by atoms with van der Waals surface area (Å²) in [6.45, 7) is 10.5. The fourth-order valence-corrected chi connectivity index (χ4v) is 5.74. The van der Waals surface area contributed by atoms with Gasteiger partial charge in [-0.05, 0) is 63.6 Å². The van der Waals surface area contributed by atoms with Crippen molar-refractivity contribution in [3.05, 3.63) is 48.0 Å². The Morgan fingerprint density at radius 1 is 1.07 bits per heavy atom. The van der Waals surface area contributed by atoms with Crippen LogP contribution in [0.15, 0.2) is 47.4 Å². The van der Waals surface area contributed by atoms with Crippen LogP contribution in [-0.2, 0) is 32.6 Å². The molecule has 0 atom stereocenters. The number of allylic oxidation sites excluding steroid dienone is 2. The molecule has 3 heterocycles. The van der Waals surface area contributed by atoms with E-state index in [-0.39, 0.29) is 17.1 Å². The van der Waals surface area contributed by atoms with E-state index in [1.54, 1.807) is 18.0 Å². The van der Waals surface area contributed by atoms with Gasteiger partial charge in [0, 0.05) is 26.6 Å². The Morgan fingerprint density at radius 2 is 1.78 bits per heavy atom. The molecule has 1 fully saturated rings. The van der Waals surface area contributed by atoms with E-state index >= 15 is 0 Å². The van der Waals surface area contributed by atoms with Crippen LogP contribution >= 0.6 is 0 Å². The second kappa shape index (κ2) is 13.2. The average molecular weight is 655 g/mol. The van der Waals surface area contributed by atoms with Crippen molar-refractivity contribution in [3.63, 3.8) is 0 Å². The van der Waals surface area contributed by atoms with Crippen molar-refractivity contribution in [1.82, 2.24) is 24.0 Å². The standard InChI is InChI=1S/C31H42N8O6S/c1-20-15-24-27(26(16-20)44-14-8-13-43-21-18-37(19-21)30(40)45-31(2,3)4)39(28(32)35-24)12-7-6-11-38-25-10-9-22(46(33,41)42)17-23(25)36-29(38)34-5/h6-7,9-10,15-17,21H,8,11-14,18-19H2,1-5H3,(H2,32,35)(H,34,36)(H2,33,41,42)/b7-6+. The molecule has 46 heavy (non-hydrogen) atoms. The Bertz CT molecular complexity index is 1870. The number of hydrogen-bond donors (Lipinski definition) is 3. The SMILES string of the molecule is CNc1nc2cc(S(N)(=O)=O)ccc2n1C/C=C/Cn1c(N)nc2cc(C)cc(OCCCOC3CN(C(=O)OC(C)(C)C)C3)c21. The Morgan fingerprint density at radius 3 is 2.46 bits per heavy atom. The van der Waals surface area contributed by atoms with Crippen molar-refractivity contribution in [2.75, 3.05) is 44.4 Å². The molecule has 248 valence electrons. The van der Waals surface area contributed by atoms with Gasteiger partial charge < -0.3 is 39.3 Å². The highest BCUT2D eigenvalue weighted by molar-refractivity contribution is 7.89. The molecule has 2 aromatic heterocycles. The van der Waals surface area contributed by atoms with Crippen LogP contribution in [-0.4, -0.2) is 83.6 Å². The number of nitrogens with zero attached hydrogens (tertiary/aromatic N) is 5. The molecular weight excluding hydrogens is 612 g/mol. The molecule has 0 aliphatic carbocycles. The summed E-state index contributed by atoms with van der Waals surface area (Å²) in [5.74, 6) is 1.65. The quantitative estimate of drug-likeness (QED) is 0.151. The normalized spacial score (nSPS) is 14.3. The number of ether oxygens (including phenoxy) is 3. The number of carbonyl (C=O) groups is 1. The van der Waals surface area contributed by atoms with Crippen LogP contribution in [0.3, 0.4) is 0 Å². The number of aromatic nitrogens is 4. The molecule has 2 aromatic carbocycles. The molecule has 0 spiro atoms. The zero-order valence-electron chi connectivity index (χ0n) is 26.8. The van der Waals surface area contributed by atoms with Gasteiger partial charge in [-0.15, -0.1) is 0 Å². The highest BCUT2D eigenvalue weighted by atomic mass is 32.2. The minimum atomic E-state index is -3.84. The molecule has 1 saturated heterocycles. The first kappa shape index (κ1) is 33.0. The third-order valence-corrected chi connectivity index (χ3v) is 8.31. The summed E-state index contributed by atoms with van der Waals surface area (Å²) in [5, 5.41) is 8.34. The van der Waals surface area contributed by atoms with Crippen molar-refractivity contribution in [1.29, 1.82) is 0 Å². The smallest absolute Gasteiger partial charge is 0.410 e. The number of hydrogen-bond acceptors (Lipinski definition) is 10. The van der Waals surface area contributed by atoms with Gasteiger partial charge in [0.1, 0.15) is 16.9 Å². The molecule has 15 heteroatoms. The van der Waals surface area contributed by atoms with Crippen LogP contribution in [0.25, 0.3) is 22.1 Å². The lowest BCUT2D eigenvalue weighted by Gasteiger charge is -2.39. The van der Waals surface area contributed by atoms with E-state index in [4.69, 9.17) is 25.1 Å². The number of anilines is 2. The van der Waals surface area contributed by atoms with E-state index in [2.05, 4.69) is 15.3 Å². The molecule has 5 N–H and O–H groups in total. The zero-order valence-corrected chi connectivity index (χ0v) is 27.6. The van der Waals surface area contributed by atoms with Gasteiger partial charge in [0.25, 0.3) is 0 Å². The number of sulfonamides is 1. The number of carbonyl (C=O) groups excluding carboxylic acids is 1. The van der Waals surface area contributed by atoms with Gasteiger partial charge >= 0.3 is 6.09 Å². The molecule has 1 aliphatic rings. The van der Waals surface area contributed by atoms with Crippen LogP contribution < -0.4 is 20.9 Å². The Labute approximate surface area is 268 Å². The number of primary sulfonamides is 1. The summed E-state index contributed by atoms with van der Waals surface area (Å²) >= 11 is 0. The van der Waals surface area contributed by atoms with E-state index < -0.39 is 15.6 Å². The molecule has 0 radical (unpaired) electrons. The Balaban J connectivity index is 1.19. The molecule has 4 aromatic rings. The number of benzene rings is 2. The average Bonchev–Trinajstić information content (AvgIpc) is 3.45.